The molecule has 2 aromatic carbocycles. The van der Waals surface area contributed by atoms with Crippen molar-refractivity contribution in [3.8, 4) is 0 Å². The summed E-state index contributed by atoms with van der Waals surface area (Å²) in [5.74, 6) is -0.132. The monoisotopic (exact) mass is 306 g/mol. The minimum Gasteiger partial charge on any atom is -0.359 e. The van der Waals surface area contributed by atoms with Crippen molar-refractivity contribution in [3.05, 3.63) is 63.6 Å². The summed E-state index contributed by atoms with van der Waals surface area (Å²) < 4.78 is 0. The van der Waals surface area contributed by atoms with E-state index in [2.05, 4.69) is 10.6 Å². The van der Waals surface area contributed by atoms with Crippen LogP contribution in [0.2, 0.25) is 10.0 Å². The molecule has 2 aromatic rings. The highest BCUT2D eigenvalue weighted by atomic mass is 35.5. The maximum atomic E-state index is 12.2. The van der Waals surface area contributed by atoms with Crippen LogP contribution in [-0.2, 0) is 5.66 Å². The fourth-order valence-electron chi connectivity index (χ4n) is 2.41. The molecule has 20 heavy (non-hydrogen) atoms. The van der Waals surface area contributed by atoms with Crippen LogP contribution < -0.4 is 10.6 Å². The fraction of sp³-hybridized carbons (Fsp3) is 0.133. The first-order valence-electron chi connectivity index (χ1n) is 6.15. The summed E-state index contributed by atoms with van der Waals surface area (Å²) >= 11 is 12.2. The zero-order valence-electron chi connectivity index (χ0n) is 10.7. The molecule has 1 aliphatic rings. The Labute approximate surface area is 126 Å². The maximum absolute atomic E-state index is 12.2. The Kier molecular flexibility index (Phi) is 3.11. The summed E-state index contributed by atoms with van der Waals surface area (Å²) in [7, 11) is 0. The van der Waals surface area contributed by atoms with Crippen LogP contribution in [0, 0.1) is 0 Å². The molecule has 1 amide bonds. The molecule has 0 saturated carbocycles. The highest BCUT2D eigenvalue weighted by Gasteiger charge is 2.36. The molecule has 1 atom stereocenters. The van der Waals surface area contributed by atoms with E-state index in [1.54, 1.807) is 18.2 Å². The van der Waals surface area contributed by atoms with Gasteiger partial charge in [0.1, 0.15) is 5.66 Å². The third-order valence-electron chi connectivity index (χ3n) is 3.39. The minimum absolute atomic E-state index is 0.132. The van der Waals surface area contributed by atoms with Gasteiger partial charge in [-0.15, -0.1) is 0 Å². The maximum Gasteiger partial charge on any atom is 0.255 e. The second-order valence-electron chi connectivity index (χ2n) is 4.87. The first kappa shape index (κ1) is 13.3. The highest BCUT2D eigenvalue weighted by molar-refractivity contribution is 6.35. The third kappa shape index (κ3) is 2.13. The van der Waals surface area contributed by atoms with E-state index in [-0.39, 0.29) is 5.91 Å². The number of carbonyl (C=O) groups is 1. The molecule has 2 N–H and O–H groups in total. The number of fused-ring (bicyclic) bond motifs is 1. The molecule has 1 heterocycles. The lowest BCUT2D eigenvalue weighted by Gasteiger charge is -2.38. The van der Waals surface area contributed by atoms with Crippen LogP contribution in [-0.4, -0.2) is 5.91 Å². The van der Waals surface area contributed by atoms with Gasteiger partial charge in [0.15, 0.2) is 0 Å². The van der Waals surface area contributed by atoms with Gasteiger partial charge in [0.25, 0.3) is 5.91 Å². The van der Waals surface area contributed by atoms with E-state index in [0.29, 0.717) is 15.6 Å². The Hall–Kier alpha value is -1.71. The van der Waals surface area contributed by atoms with Crippen molar-refractivity contribution in [1.82, 2.24) is 5.32 Å². The lowest BCUT2D eigenvalue weighted by atomic mass is 9.96. The Morgan fingerprint density at radius 2 is 1.80 bits per heavy atom. The van der Waals surface area contributed by atoms with E-state index in [1.807, 2.05) is 31.2 Å². The number of rotatable bonds is 1. The predicted molar refractivity (Wildman–Crippen MR) is 81.3 cm³/mol. The number of nitrogens with one attached hydrogen (secondary N) is 2. The van der Waals surface area contributed by atoms with Gasteiger partial charge in [0.05, 0.1) is 5.56 Å². The van der Waals surface area contributed by atoms with Crippen LogP contribution in [0.5, 0.6) is 0 Å². The van der Waals surface area contributed by atoms with Crippen molar-refractivity contribution in [3.63, 3.8) is 0 Å². The van der Waals surface area contributed by atoms with Gasteiger partial charge in [-0.05, 0) is 31.2 Å². The van der Waals surface area contributed by atoms with Gasteiger partial charge in [-0.1, -0.05) is 41.4 Å². The van der Waals surface area contributed by atoms with Crippen molar-refractivity contribution >= 4 is 34.8 Å². The number of hydrogen-bond acceptors (Lipinski definition) is 2. The standard InChI is InChI=1S/C15H12Cl2N2O/c1-15(11-7-6-9(16)8-12(11)17)18-13-5-3-2-4-10(13)14(20)19-15/h2-8,18H,1H3,(H,19,20). The highest BCUT2D eigenvalue weighted by Crippen LogP contribution is 2.35. The van der Waals surface area contributed by atoms with Gasteiger partial charge in [0.2, 0.25) is 0 Å². The second kappa shape index (κ2) is 4.69. The van der Waals surface area contributed by atoms with Gasteiger partial charge in [0, 0.05) is 21.3 Å². The molecular formula is C15H12Cl2N2O. The largest absolute Gasteiger partial charge is 0.359 e. The molecule has 0 spiro atoms. The quantitative estimate of drug-likeness (QED) is 0.835. The van der Waals surface area contributed by atoms with Crippen LogP contribution in [0.25, 0.3) is 0 Å². The minimum atomic E-state index is -0.771. The number of hydrogen-bond donors (Lipinski definition) is 2. The summed E-state index contributed by atoms with van der Waals surface area (Å²) in [6.07, 6.45) is 0. The summed E-state index contributed by atoms with van der Waals surface area (Å²) in [6, 6.07) is 12.6. The summed E-state index contributed by atoms with van der Waals surface area (Å²) in [5, 5.41) is 7.34. The molecular weight excluding hydrogens is 295 g/mol. The molecule has 0 fully saturated rings. The molecule has 0 bridgehead atoms. The summed E-state index contributed by atoms with van der Waals surface area (Å²) in [4.78, 5) is 12.2. The Morgan fingerprint density at radius 3 is 2.55 bits per heavy atom. The molecule has 3 rings (SSSR count). The number of benzene rings is 2. The second-order valence-corrected chi connectivity index (χ2v) is 5.72. The first-order chi connectivity index (χ1) is 9.49. The molecule has 0 radical (unpaired) electrons. The molecule has 3 nitrogen and oxygen atoms in total. The van der Waals surface area contributed by atoms with Crippen molar-refractivity contribution in [2.75, 3.05) is 5.32 Å². The number of halogens is 2. The number of anilines is 1. The zero-order chi connectivity index (χ0) is 14.3. The van der Waals surface area contributed by atoms with E-state index < -0.39 is 5.66 Å². The predicted octanol–water partition coefficient (Wildman–Crippen LogP) is 4.02. The molecule has 102 valence electrons. The molecule has 5 heteroatoms. The smallest absolute Gasteiger partial charge is 0.255 e. The van der Waals surface area contributed by atoms with Crippen LogP contribution in [0.3, 0.4) is 0 Å². The average molecular weight is 307 g/mol. The van der Waals surface area contributed by atoms with Gasteiger partial charge >= 0.3 is 0 Å². The summed E-state index contributed by atoms with van der Waals surface area (Å²) in [6.45, 7) is 1.87. The Morgan fingerprint density at radius 1 is 1.05 bits per heavy atom. The normalized spacial score (nSPS) is 20.9. The van der Waals surface area contributed by atoms with Crippen molar-refractivity contribution < 1.29 is 4.79 Å². The van der Waals surface area contributed by atoms with Gasteiger partial charge < -0.3 is 10.6 Å². The van der Waals surface area contributed by atoms with E-state index >= 15 is 0 Å². The molecule has 1 aliphatic heterocycles. The molecule has 0 aliphatic carbocycles. The van der Waals surface area contributed by atoms with Crippen LogP contribution in [0.15, 0.2) is 42.5 Å². The number of carbonyl (C=O) groups excluding carboxylic acids is 1. The lowest BCUT2D eigenvalue weighted by molar-refractivity contribution is 0.0906. The average Bonchev–Trinajstić information content (AvgIpc) is 2.38. The molecule has 0 aromatic heterocycles. The van der Waals surface area contributed by atoms with Gasteiger partial charge in [-0.25, -0.2) is 0 Å². The fourth-order valence-corrected chi connectivity index (χ4v) is 3.01. The molecule has 1 unspecified atom stereocenters. The van der Waals surface area contributed by atoms with E-state index in [1.165, 1.54) is 0 Å². The van der Waals surface area contributed by atoms with E-state index in [4.69, 9.17) is 23.2 Å². The summed E-state index contributed by atoms with van der Waals surface area (Å²) in [5.41, 5.74) is 1.40. The van der Waals surface area contributed by atoms with E-state index in [0.717, 1.165) is 11.3 Å². The van der Waals surface area contributed by atoms with Crippen LogP contribution in [0.4, 0.5) is 5.69 Å². The topological polar surface area (TPSA) is 41.1 Å². The lowest BCUT2D eigenvalue weighted by Crippen LogP contribution is -2.53. The van der Waals surface area contributed by atoms with Crippen molar-refractivity contribution in [2.24, 2.45) is 0 Å². The zero-order valence-corrected chi connectivity index (χ0v) is 12.2. The van der Waals surface area contributed by atoms with Crippen LogP contribution >= 0.6 is 23.2 Å². The number of amides is 1. The van der Waals surface area contributed by atoms with Gasteiger partial charge in [-0.2, -0.15) is 0 Å². The third-order valence-corrected chi connectivity index (χ3v) is 3.94. The first-order valence-corrected chi connectivity index (χ1v) is 6.90. The van der Waals surface area contributed by atoms with Crippen molar-refractivity contribution in [1.29, 1.82) is 0 Å². The van der Waals surface area contributed by atoms with E-state index in [9.17, 15) is 4.79 Å². The molecule has 0 saturated heterocycles. The number of para-hydroxylation sites is 1. The van der Waals surface area contributed by atoms with Crippen LogP contribution in [0.1, 0.15) is 22.8 Å². The van der Waals surface area contributed by atoms with Crippen molar-refractivity contribution in [2.45, 2.75) is 12.6 Å². The Bertz CT molecular complexity index is 702. The van der Waals surface area contributed by atoms with Gasteiger partial charge in [-0.3, -0.25) is 4.79 Å². The Balaban J connectivity index is 2.08. The SMILES string of the molecule is CC1(c2ccc(Cl)cc2Cl)NC(=O)c2ccccc2N1.